The van der Waals surface area contributed by atoms with Gasteiger partial charge in [0.15, 0.2) is 11.5 Å². The number of ether oxygens (including phenoxy) is 2. The summed E-state index contributed by atoms with van der Waals surface area (Å²) >= 11 is 1.85. The van der Waals surface area contributed by atoms with E-state index in [0.29, 0.717) is 23.7 Å². The van der Waals surface area contributed by atoms with Crippen molar-refractivity contribution in [1.29, 1.82) is 0 Å². The summed E-state index contributed by atoms with van der Waals surface area (Å²) < 4.78 is 11.3. The third-order valence-electron chi connectivity index (χ3n) is 5.40. The van der Waals surface area contributed by atoms with Crippen molar-refractivity contribution in [2.45, 2.75) is 18.1 Å². The molecule has 0 aromatic heterocycles. The van der Waals surface area contributed by atoms with Crippen LogP contribution in [0, 0.1) is 0 Å². The Balaban J connectivity index is 1.26. The molecule has 4 aromatic carbocycles. The second-order valence-corrected chi connectivity index (χ2v) is 9.04. The lowest BCUT2D eigenvalue weighted by Crippen LogP contribution is -2.17. The van der Waals surface area contributed by atoms with Crippen molar-refractivity contribution in [2.75, 3.05) is 7.11 Å². The Kier molecular flexibility index (Phi) is 9.17. The normalized spacial score (nSPS) is 10.8. The fraction of sp³-hybridized carbons (Fsp3) is 0.133. The number of rotatable bonds is 11. The van der Waals surface area contributed by atoms with Crippen LogP contribution < -0.4 is 14.9 Å². The molecule has 0 atom stereocenters. The number of carbonyl (C=O) groups is 1. The summed E-state index contributed by atoms with van der Waals surface area (Å²) in [6.45, 7) is 0.450. The summed E-state index contributed by atoms with van der Waals surface area (Å²) in [5.41, 5.74) is 7.49. The molecule has 0 aliphatic heterocycles. The fourth-order valence-corrected chi connectivity index (χ4v) is 4.42. The average Bonchev–Trinajstić information content (AvgIpc) is 2.93. The van der Waals surface area contributed by atoms with Gasteiger partial charge in [-0.2, -0.15) is 16.9 Å². The lowest BCUT2D eigenvalue weighted by Gasteiger charge is -2.11. The Labute approximate surface area is 216 Å². The highest BCUT2D eigenvalue weighted by Gasteiger charge is 2.07. The third-order valence-corrected chi connectivity index (χ3v) is 6.48. The van der Waals surface area contributed by atoms with E-state index in [4.69, 9.17) is 9.47 Å². The number of nitrogens with zero attached hydrogens (tertiary/aromatic N) is 1. The number of methoxy groups -OCH3 is 1. The Hall–Kier alpha value is -4.03. The van der Waals surface area contributed by atoms with Gasteiger partial charge in [0.2, 0.25) is 0 Å². The molecule has 0 radical (unpaired) electrons. The van der Waals surface area contributed by atoms with E-state index in [-0.39, 0.29) is 5.91 Å². The average molecular weight is 497 g/mol. The summed E-state index contributed by atoms with van der Waals surface area (Å²) in [4.78, 5) is 12.5. The van der Waals surface area contributed by atoms with E-state index in [1.54, 1.807) is 13.3 Å². The molecule has 4 rings (SSSR count). The van der Waals surface area contributed by atoms with E-state index in [2.05, 4.69) is 34.8 Å². The number of hydrazone groups is 1. The predicted octanol–water partition coefficient (Wildman–Crippen LogP) is 6.47. The summed E-state index contributed by atoms with van der Waals surface area (Å²) in [5.74, 6) is 2.83. The molecule has 4 aromatic rings. The molecule has 0 heterocycles. The Morgan fingerprint density at radius 1 is 0.806 bits per heavy atom. The Morgan fingerprint density at radius 2 is 1.44 bits per heavy atom. The first-order valence-electron chi connectivity index (χ1n) is 11.6. The first kappa shape index (κ1) is 25.1. The second kappa shape index (κ2) is 13.2. The topological polar surface area (TPSA) is 59.9 Å². The zero-order valence-corrected chi connectivity index (χ0v) is 20.9. The summed E-state index contributed by atoms with van der Waals surface area (Å²) in [5, 5.41) is 4.10. The maximum absolute atomic E-state index is 12.5. The third kappa shape index (κ3) is 7.48. The van der Waals surface area contributed by atoms with Crippen LogP contribution in [0.1, 0.15) is 32.6 Å². The van der Waals surface area contributed by atoms with Gasteiger partial charge in [0.1, 0.15) is 6.61 Å². The van der Waals surface area contributed by atoms with Crippen LogP contribution in [-0.2, 0) is 18.1 Å². The summed E-state index contributed by atoms with van der Waals surface area (Å²) in [6.07, 6.45) is 1.58. The second-order valence-electron chi connectivity index (χ2n) is 8.06. The highest BCUT2D eigenvalue weighted by Crippen LogP contribution is 2.28. The molecule has 0 saturated carbocycles. The predicted molar refractivity (Wildman–Crippen MR) is 147 cm³/mol. The number of carbonyl (C=O) groups excluding carboxylic acids is 1. The van der Waals surface area contributed by atoms with E-state index < -0.39 is 0 Å². The molecule has 1 N–H and O–H groups in total. The van der Waals surface area contributed by atoms with Gasteiger partial charge in [0.05, 0.1) is 13.3 Å². The van der Waals surface area contributed by atoms with Gasteiger partial charge in [-0.05, 0) is 52.6 Å². The van der Waals surface area contributed by atoms with Gasteiger partial charge >= 0.3 is 0 Å². The van der Waals surface area contributed by atoms with Crippen molar-refractivity contribution in [3.63, 3.8) is 0 Å². The lowest BCUT2D eigenvalue weighted by atomic mass is 10.1. The quantitative estimate of drug-likeness (QED) is 0.191. The van der Waals surface area contributed by atoms with Crippen LogP contribution in [0.4, 0.5) is 0 Å². The molecule has 6 heteroatoms. The molecule has 0 aliphatic carbocycles. The summed E-state index contributed by atoms with van der Waals surface area (Å²) in [6, 6.07) is 33.5. The molecular formula is C30H28N2O3S. The van der Waals surface area contributed by atoms with Crippen LogP contribution in [0.3, 0.4) is 0 Å². The van der Waals surface area contributed by atoms with E-state index in [1.807, 2.05) is 90.6 Å². The van der Waals surface area contributed by atoms with Crippen molar-refractivity contribution in [1.82, 2.24) is 5.43 Å². The number of thioether (sulfide) groups is 1. The summed E-state index contributed by atoms with van der Waals surface area (Å²) in [7, 11) is 1.59. The first-order valence-corrected chi connectivity index (χ1v) is 12.8. The number of hydrogen-bond acceptors (Lipinski definition) is 5. The van der Waals surface area contributed by atoms with Crippen LogP contribution in [0.5, 0.6) is 11.5 Å². The van der Waals surface area contributed by atoms with Crippen molar-refractivity contribution in [3.05, 3.63) is 131 Å². The number of benzene rings is 4. The zero-order valence-electron chi connectivity index (χ0n) is 20.1. The van der Waals surface area contributed by atoms with Gasteiger partial charge in [0, 0.05) is 17.1 Å². The first-order chi connectivity index (χ1) is 17.7. The van der Waals surface area contributed by atoms with Gasteiger partial charge in [-0.3, -0.25) is 4.79 Å². The van der Waals surface area contributed by atoms with E-state index in [9.17, 15) is 4.79 Å². The van der Waals surface area contributed by atoms with Crippen LogP contribution in [-0.4, -0.2) is 19.2 Å². The van der Waals surface area contributed by atoms with Crippen molar-refractivity contribution < 1.29 is 14.3 Å². The maximum atomic E-state index is 12.5. The molecular weight excluding hydrogens is 468 g/mol. The van der Waals surface area contributed by atoms with Gasteiger partial charge in [-0.25, -0.2) is 5.43 Å². The van der Waals surface area contributed by atoms with Crippen LogP contribution in [0.2, 0.25) is 0 Å². The minimum Gasteiger partial charge on any atom is -0.493 e. The number of hydrogen-bond donors (Lipinski definition) is 1. The smallest absolute Gasteiger partial charge is 0.271 e. The molecule has 0 fully saturated rings. The highest BCUT2D eigenvalue weighted by molar-refractivity contribution is 7.97. The van der Waals surface area contributed by atoms with E-state index in [0.717, 1.165) is 22.6 Å². The zero-order chi connectivity index (χ0) is 25.0. The maximum Gasteiger partial charge on any atom is 0.271 e. The molecule has 0 unspecified atom stereocenters. The molecule has 182 valence electrons. The molecule has 36 heavy (non-hydrogen) atoms. The fourth-order valence-electron chi connectivity index (χ4n) is 3.46. The largest absolute Gasteiger partial charge is 0.493 e. The highest BCUT2D eigenvalue weighted by atomic mass is 32.2. The molecule has 0 aliphatic rings. The monoisotopic (exact) mass is 496 g/mol. The standard InChI is InChI=1S/C30H28N2O3S/c1-34-29-18-26(14-17-28(29)35-20-23-8-4-2-5-9-23)19-31-32-30(33)27-15-12-25(13-16-27)22-36-21-24-10-6-3-7-11-24/h2-19H,20-22H2,1H3,(H,32,33)/b31-19-. The Bertz CT molecular complexity index is 1280. The molecule has 0 bridgehead atoms. The molecule has 0 saturated heterocycles. The van der Waals surface area contributed by atoms with Crippen LogP contribution >= 0.6 is 11.8 Å². The minimum atomic E-state index is -0.260. The molecule has 5 nitrogen and oxygen atoms in total. The van der Waals surface area contributed by atoms with E-state index in [1.165, 1.54) is 11.1 Å². The van der Waals surface area contributed by atoms with Gasteiger partial charge in [-0.1, -0.05) is 72.8 Å². The van der Waals surface area contributed by atoms with Gasteiger partial charge in [-0.15, -0.1) is 0 Å². The van der Waals surface area contributed by atoms with Gasteiger partial charge < -0.3 is 9.47 Å². The molecule has 1 amide bonds. The van der Waals surface area contributed by atoms with Crippen molar-refractivity contribution >= 4 is 23.9 Å². The SMILES string of the molecule is COc1cc(/C=N\NC(=O)c2ccc(CSCc3ccccc3)cc2)ccc1OCc1ccccc1. The van der Waals surface area contributed by atoms with Crippen molar-refractivity contribution in [2.24, 2.45) is 5.10 Å². The number of amides is 1. The van der Waals surface area contributed by atoms with Crippen molar-refractivity contribution in [3.8, 4) is 11.5 Å². The van der Waals surface area contributed by atoms with Crippen LogP contribution in [0.15, 0.2) is 108 Å². The van der Waals surface area contributed by atoms with E-state index >= 15 is 0 Å². The lowest BCUT2D eigenvalue weighted by molar-refractivity contribution is 0.0955. The van der Waals surface area contributed by atoms with Gasteiger partial charge in [0.25, 0.3) is 5.91 Å². The minimum absolute atomic E-state index is 0.260. The number of nitrogens with one attached hydrogen (secondary N) is 1. The van der Waals surface area contributed by atoms with Crippen LogP contribution in [0.25, 0.3) is 0 Å². The Morgan fingerprint density at radius 3 is 2.11 bits per heavy atom. The molecule has 0 spiro atoms.